The average Bonchev–Trinajstić information content (AvgIpc) is 2.82. The van der Waals surface area contributed by atoms with Crippen molar-refractivity contribution in [3.05, 3.63) is 65.0 Å². The minimum atomic E-state index is -1.22. The molecule has 0 aliphatic carbocycles. The maximum atomic E-state index is 12.6. The van der Waals surface area contributed by atoms with Crippen molar-refractivity contribution in [2.24, 2.45) is 0 Å². The molecule has 0 saturated heterocycles. The molecule has 0 amide bonds. The molecule has 2 aromatic carbocycles. The molecule has 7 heteroatoms. The summed E-state index contributed by atoms with van der Waals surface area (Å²) >= 11 is 0. The Morgan fingerprint density at radius 2 is 2.03 bits per heavy atom. The van der Waals surface area contributed by atoms with Crippen molar-refractivity contribution >= 4 is 27.8 Å². The molecular weight excluding hydrogens is 442 g/mol. The molecule has 1 aliphatic heterocycles. The minimum Gasteiger partial charge on any atom is -0.493 e. The number of ether oxygens (including phenoxy) is 2. The van der Waals surface area contributed by atoms with Crippen LogP contribution in [0.4, 0.5) is 0 Å². The number of carboxylic acids is 1. The van der Waals surface area contributed by atoms with Crippen LogP contribution in [-0.4, -0.2) is 33.3 Å². The van der Waals surface area contributed by atoms with Gasteiger partial charge in [-0.25, -0.2) is 9.78 Å². The van der Waals surface area contributed by atoms with Gasteiger partial charge in [0.05, 0.1) is 23.2 Å². The zero-order valence-electron chi connectivity index (χ0n) is 20.0. The van der Waals surface area contributed by atoms with Crippen LogP contribution in [0, 0.1) is 18.3 Å². The van der Waals surface area contributed by atoms with Crippen molar-refractivity contribution < 1.29 is 19.4 Å². The third-order valence-electron chi connectivity index (χ3n) is 6.15. The monoisotopic (exact) mass is 467 g/mol. The summed E-state index contributed by atoms with van der Waals surface area (Å²) in [6.45, 7) is 7.96. The van der Waals surface area contributed by atoms with Crippen molar-refractivity contribution in [1.82, 2.24) is 9.97 Å². The number of carbonyl (C=O) groups is 1. The van der Waals surface area contributed by atoms with Crippen molar-refractivity contribution in [2.75, 3.05) is 6.61 Å². The first kappa shape index (κ1) is 22.8. The van der Waals surface area contributed by atoms with Gasteiger partial charge in [0.25, 0.3) is 0 Å². The highest BCUT2D eigenvalue weighted by atomic mass is 16.5. The van der Waals surface area contributed by atoms with Gasteiger partial charge in [0.1, 0.15) is 17.5 Å². The fraction of sp³-hybridized carbons (Fsp3) is 0.286. The van der Waals surface area contributed by atoms with Gasteiger partial charge < -0.3 is 14.6 Å². The number of nitrogens with zero attached hydrogens (tertiary/aromatic N) is 3. The molecule has 4 aromatic rings. The lowest BCUT2D eigenvalue weighted by Gasteiger charge is -2.29. The van der Waals surface area contributed by atoms with Crippen molar-refractivity contribution in [1.29, 1.82) is 5.26 Å². The Bertz CT molecular complexity index is 1540. The molecular formula is C28H25N3O4. The average molecular weight is 468 g/mol. The highest BCUT2D eigenvalue weighted by Gasteiger charge is 2.32. The maximum absolute atomic E-state index is 12.6. The number of hydrogen-bond acceptors (Lipinski definition) is 6. The van der Waals surface area contributed by atoms with Crippen LogP contribution in [0.15, 0.2) is 42.6 Å². The molecule has 0 saturated carbocycles. The van der Waals surface area contributed by atoms with E-state index in [1.54, 1.807) is 12.3 Å². The number of benzene rings is 2. The Balaban J connectivity index is 1.92. The number of hydrogen-bond donors (Lipinski definition) is 1. The molecule has 1 atom stereocenters. The van der Waals surface area contributed by atoms with E-state index >= 15 is 0 Å². The number of aliphatic carboxylic acids is 1. The van der Waals surface area contributed by atoms with E-state index < -0.39 is 17.7 Å². The molecule has 1 N–H and O–H groups in total. The lowest BCUT2D eigenvalue weighted by molar-refractivity contribution is -0.160. The summed E-state index contributed by atoms with van der Waals surface area (Å²) in [7, 11) is 0. The van der Waals surface area contributed by atoms with Gasteiger partial charge in [-0.1, -0.05) is 0 Å². The highest BCUT2D eigenvalue weighted by Crippen LogP contribution is 2.44. The number of pyridine rings is 2. The van der Waals surface area contributed by atoms with Gasteiger partial charge in [-0.2, -0.15) is 5.26 Å². The van der Waals surface area contributed by atoms with Gasteiger partial charge in [-0.15, -0.1) is 0 Å². The number of fused-ring (bicyclic) bond motifs is 1. The predicted molar refractivity (Wildman–Crippen MR) is 132 cm³/mol. The van der Waals surface area contributed by atoms with Crippen LogP contribution in [0.5, 0.6) is 5.75 Å². The first-order valence-electron chi connectivity index (χ1n) is 11.5. The Labute approximate surface area is 203 Å². The number of nitriles is 1. The van der Waals surface area contributed by atoms with E-state index in [1.165, 1.54) is 0 Å². The molecule has 2 aromatic heterocycles. The van der Waals surface area contributed by atoms with Gasteiger partial charge in [-0.05, 0) is 80.8 Å². The van der Waals surface area contributed by atoms with Gasteiger partial charge in [0.2, 0.25) is 0 Å². The van der Waals surface area contributed by atoms with Crippen molar-refractivity contribution in [2.45, 2.75) is 45.8 Å². The first-order valence-corrected chi connectivity index (χ1v) is 11.5. The third kappa shape index (κ3) is 3.96. The molecule has 176 valence electrons. The second-order valence-corrected chi connectivity index (χ2v) is 9.71. The third-order valence-corrected chi connectivity index (χ3v) is 6.15. The zero-order valence-corrected chi connectivity index (χ0v) is 20.0. The minimum absolute atomic E-state index is 0.291. The molecule has 0 unspecified atom stereocenters. The van der Waals surface area contributed by atoms with E-state index in [-0.39, 0.29) is 0 Å². The predicted octanol–water partition coefficient (Wildman–Crippen LogP) is 5.51. The van der Waals surface area contributed by atoms with Crippen LogP contribution in [0.25, 0.3) is 32.9 Å². The van der Waals surface area contributed by atoms with Gasteiger partial charge in [0, 0.05) is 34.5 Å². The van der Waals surface area contributed by atoms with Gasteiger partial charge >= 0.3 is 5.97 Å². The number of rotatable bonds is 4. The second kappa shape index (κ2) is 8.33. The molecule has 3 heterocycles. The fourth-order valence-electron chi connectivity index (χ4n) is 4.80. The first-order chi connectivity index (χ1) is 16.7. The van der Waals surface area contributed by atoms with Crippen LogP contribution < -0.4 is 4.74 Å². The molecule has 7 nitrogen and oxygen atoms in total. The summed E-state index contributed by atoms with van der Waals surface area (Å²) in [6.07, 6.45) is 1.34. The number of aromatic nitrogens is 2. The number of aryl methyl sites for hydroxylation is 1. The topological polar surface area (TPSA) is 105 Å². The van der Waals surface area contributed by atoms with E-state index in [0.717, 1.165) is 39.6 Å². The summed E-state index contributed by atoms with van der Waals surface area (Å²) in [5.41, 5.74) is 4.80. The largest absolute Gasteiger partial charge is 0.493 e. The summed E-state index contributed by atoms with van der Waals surface area (Å²) in [4.78, 5) is 21.8. The molecule has 1 aliphatic rings. The van der Waals surface area contributed by atoms with Crippen LogP contribution in [0.1, 0.15) is 49.3 Å². The zero-order chi connectivity index (χ0) is 24.9. The lowest BCUT2D eigenvalue weighted by Crippen LogP contribution is -2.28. The summed E-state index contributed by atoms with van der Waals surface area (Å²) < 4.78 is 12.0. The smallest absolute Gasteiger partial charge is 0.337 e. The second-order valence-electron chi connectivity index (χ2n) is 9.71. The van der Waals surface area contributed by atoms with Gasteiger partial charge in [0.15, 0.2) is 6.10 Å². The van der Waals surface area contributed by atoms with Gasteiger partial charge in [-0.3, -0.25) is 4.98 Å². The molecule has 0 fully saturated rings. The van der Waals surface area contributed by atoms with Crippen LogP contribution in [0.2, 0.25) is 0 Å². The standard InChI is InChI=1S/C28H25N3O4/c1-15-13-20-18(6-5-17(14-29)31-20)24(22(15)26(27(32)33)35-28(2,3)4)19-7-8-21-23-16(10-12-34-21)9-11-30-25(19)23/h5-9,11,13,26H,10,12H2,1-4H3,(H,32,33)/t26-/m0/s1. The Kier molecular flexibility index (Phi) is 5.42. The normalized spacial score (nSPS) is 13.9. The van der Waals surface area contributed by atoms with E-state index in [1.807, 2.05) is 58.0 Å². The molecule has 0 radical (unpaired) electrons. The molecule has 35 heavy (non-hydrogen) atoms. The van der Waals surface area contributed by atoms with E-state index in [4.69, 9.17) is 14.5 Å². The maximum Gasteiger partial charge on any atom is 0.337 e. The van der Waals surface area contributed by atoms with Crippen molar-refractivity contribution in [3.63, 3.8) is 0 Å². The van der Waals surface area contributed by atoms with Crippen LogP contribution in [0.3, 0.4) is 0 Å². The molecule has 0 spiro atoms. The van der Waals surface area contributed by atoms with E-state index in [9.17, 15) is 15.2 Å². The Morgan fingerprint density at radius 1 is 1.23 bits per heavy atom. The Hall–Kier alpha value is -4.02. The summed E-state index contributed by atoms with van der Waals surface area (Å²) in [5, 5.41) is 21.3. The molecule has 0 bridgehead atoms. The lowest BCUT2D eigenvalue weighted by atomic mass is 9.86. The van der Waals surface area contributed by atoms with Crippen LogP contribution >= 0.6 is 0 Å². The van der Waals surface area contributed by atoms with Crippen LogP contribution in [-0.2, 0) is 16.0 Å². The summed E-state index contributed by atoms with van der Waals surface area (Å²) in [6, 6.07) is 13.2. The quantitative estimate of drug-likeness (QED) is 0.422. The van der Waals surface area contributed by atoms with Crippen molar-refractivity contribution in [3.8, 4) is 22.9 Å². The number of carboxylic acid groups (broad SMARTS) is 1. The van der Waals surface area contributed by atoms with E-state index in [0.29, 0.717) is 34.5 Å². The fourth-order valence-corrected chi connectivity index (χ4v) is 4.80. The highest BCUT2D eigenvalue weighted by molar-refractivity contribution is 6.08. The summed E-state index contributed by atoms with van der Waals surface area (Å²) in [5.74, 6) is -0.313. The Morgan fingerprint density at radius 3 is 2.74 bits per heavy atom. The molecule has 5 rings (SSSR count). The SMILES string of the molecule is Cc1cc2nc(C#N)ccc2c(-c2ccc3c4c(ccnc24)CCO3)c1[C@H](OC(C)(C)C)C(=O)O. The van der Waals surface area contributed by atoms with E-state index in [2.05, 4.69) is 11.1 Å².